The minimum absolute atomic E-state index is 0.00626. The number of alkyl halides is 2. The van der Waals surface area contributed by atoms with Crippen LogP contribution in [0.1, 0.15) is 62.0 Å². The van der Waals surface area contributed by atoms with Crippen LogP contribution in [0.3, 0.4) is 0 Å². The number of amides is 1. The number of benzene rings is 2. The van der Waals surface area contributed by atoms with Gasteiger partial charge in [-0.25, -0.2) is 13.2 Å². The zero-order valence-electron chi connectivity index (χ0n) is 18.1. The number of carboxylic acids is 1. The van der Waals surface area contributed by atoms with Crippen molar-refractivity contribution >= 4 is 29.2 Å². The summed E-state index contributed by atoms with van der Waals surface area (Å²) in [5, 5.41) is 11.8. The Morgan fingerprint density at radius 1 is 1.12 bits per heavy atom. The highest BCUT2D eigenvalue weighted by Gasteiger charge is 2.45. The molecular formula is C25H27ClF3NO3. The first-order valence-electron chi connectivity index (χ1n) is 11.1. The lowest BCUT2D eigenvalue weighted by Gasteiger charge is -2.24. The average molecular weight is 482 g/mol. The number of carbonyl (C=O) groups excluding carboxylic acids is 1. The smallest absolute Gasteiger partial charge is 0.303 e. The molecule has 0 aliphatic heterocycles. The summed E-state index contributed by atoms with van der Waals surface area (Å²) in [5.41, 5.74) is 1.37. The summed E-state index contributed by atoms with van der Waals surface area (Å²) >= 11 is 5.95. The zero-order chi connectivity index (χ0) is 24.0. The van der Waals surface area contributed by atoms with E-state index in [0.29, 0.717) is 23.4 Å². The second-order valence-electron chi connectivity index (χ2n) is 8.65. The maximum Gasteiger partial charge on any atom is 0.303 e. The van der Waals surface area contributed by atoms with Crippen LogP contribution in [0.4, 0.5) is 18.9 Å². The van der Waals surface area contributed by atoms with Crippen molar-refractivity contribution < 1.29 is 27.9 Å². The highest BCUT2D eigenvalue weighted by Crippen LogP contribution is 2.46. The van der Waals surface area contributed by atoms with E-state index < -0.39 is 41.9 Å². The monoisotopic (exact) mass is 481 g/mol. The van der Waals surface area contributed by atoms with Crippen LogP contribution < -0.4 is 5.32 Å². The molecule has 1 aliphatic carbocycles. The molecule has 2 aromatic carbocycles. The van der Waals surface area contributed by atoms with Crippen molar-refractivity contribution in [3.8, 4) is 0 Å². The molecule has 0 spiro atoms. The van der Waals surface area contributed by atoms with E-state index in [2.05, 4.69) is 5.32 Å². The summed E-state index contributed by atoms with van der Waals surface area (Å²) in [6.45, 7) is 0. The SMILES string of the molecule is O=C(O)CCCCCc1ccc(F)c(NC(=O)C(c2ccc(Cl)cc2)C2CCC(F)(F)C2)c1. The Labute approximate surface area is 196 Å². The Bertz CT molecular complexity index is 981. The standard InChI is InChI=1S/C25H27ClF3NO3/c26-19-9-7-17(8-10-19)23(18-12-13-25(28,29)15-18)24(33)30-21-14-16(6-11-20(21)27)4-2-1-3-5-22(31)32/h6-11,14,18,23H,1-5,12-13,15H2,(H,30,33)(H,31,32). The molecule has 0 bridgehead atoms. The van der Waals surface area contributed by atoms with Gasteiger partial charge in [-0.05, 0) is 67.0 Å². The van der Waals surface area contributed by atoms with Crippen molar-refractivity contribution in [2.45, 2.75) is 63.2 Å². The zero-order valence-corrected chi connectivity index (χ0v) is 18.9. The molecule has 2 unspecified atom stereocenters. The third-order valence-corrected chi connectivity index (χ3v) is 6.32. The minimum Gasteiger partial charge on any atom is -0.481 e. The third-order valence-electron chi connectivity index (χ3n) is 6.07. The highest BCUT2D eigenvalue weighted by molar-refractivity contribution is 6.30. The Balaban J connectivity index is 1.73. The van der Waals surface area contributed by atoms with E-state index in [9.17, 15) is 22.8 Å². The summed E-state index contributed by atoms with van der Waals surface area (Å²) in [5.74, 6) is -6.21. The van der Waals surface area contributed by atoms with E-state index in [1.54, 1.807) is 36.4 Å². The van der Waals surface area contributed by atoms with E-state index in [1.165, 1.54) is 6.07 Å². The first-order valence-corrected chi connectivity index (χ1v) is 11.5. The van der Waals surface area contributed by atoms with Crippen molar-refractivity contribution in [2.75, 3.05) is 5.32 Å². The fourth-order valence-electron chi connectivity index (χ4n) is 4.39. The molecule has 8 heteroatoms. The van der Waals surface area contributed by atoms with Crippen molar-refractivity contribution in [1.82, 2.24) is 0 Å². The second-order valence-corrected chi connectivity index (χ2v) is 9.08. The molecule has 178 valence electrons. The van der Waals surface area contributed by atoms with Crippen LogP contribution in [0.15, 0.2) is 42.5 Å². The van der Waals surface area contributed by atoms with Gasteiger partial charge < -0.3 is 10.4 Å². The fraction of sp³-hybridized carbons (Fsp3) is 0.440. The summed E-state index contributed by atoms with van der Waals surface area (Å²) < 4.78 is 42.3. The number of rotatable bonds is 10. The molecule has 2 N–H and O–H groups in total. The summed E-state index contributed by atoms with van der Waals surface area (Å²) in [6, 6.07) is 10.9. The van der Waals surface area contributed by atoms with Gasteiger partial charge in [0.15, 0.2) is 0 Å². The Hall–Kier alpha value is -2.54. The van der Waals surface area contributed by atoms with Crippen molar-refractivity contribution in [2.24, 2.45) is 5.92 Å². The van der Waals surface area contributed by atoms with Crippen LogP contribution in [0.5, 0.6) is 0 Å². The molecular weight excluding hydrogens is 455 g/mol. The highest BCUT2D eigenvalue weighted by atomic mass is 35.5. The molecule has 0 heterocycles. The molecule has 4 nitrogen and oxygen atoms in total. The quantitative estimate of drug-likeness (QED) is 0.366. The first-order chi connectivity index (χ1) is 15.6. The molecule has 0 saturated heterocycles. The number of carbonyl (C=O) groups is 2. The van der Waals surface area contributed by atoms with Crippen molar-refractivity contribution in [3.05, 3.63) is 64.4 Å². The summed E-state index contributed by atoms with van der Waals surface area (Å²) in [6.07, 6.45) is 2.26. The molecule has 1 fully saturated rings. The predicted molar refractivity (Wildman–Crippen MR) is 121 cm³/mol. The molecule has 2 atom stereocenters. The Morgan fingerprint density at radius 2 is 1.85 bits per heavy atom. The van der Waals surface area contributed by atoms with Gasteiger partial charge >= 0.3 is 5.97 Å². The molecule has 0 aromatic heterocycles. The van der Waals surface area contributed by atoms with Gasteiger partial charge in [-0.1, -0.05) is 36.2 Å². The second kappa shape index (κ2) is 11.1. The Kier molecular flexibility index (Phi) is 8.40. The number of aryl methyl sites for hydroxylation is 1. The number of hydrogen-bond donors (Lipinski definition) is 2. The van der Waals surface area contributed by atoms with E-state index in [0.717, 1.165) is 18.4 Å². The van der Waals surface area contributed by atoms with Crippen LogP contribution in [-0.2, 0) is 16.0 Å². The minimum atomic E-state index is -2.82. The van der Waals surface area contributed by atoms with E-state index in [1.807, 2.05) is 0 Å². The number of unbranched alkanes of at least 4 members (excludes halogenated alkanes) is 2. The first kappa shape index (κ1) is 25.1. The molecule has 33 heavy (non-hydrogen) atoms. The lowest BCUT2D eigenvalue weighted by Crippen LogP contribution is -2.28. The van der Waals surface area contributed by atoms with Crippen LogP contribution in [0, 0.1) is 11.7 Å². The number of carboxylic acid groups (broad SMARTS) is 1. The van der Waals surface area contributed by atoms with Gasteiger partial charge in [0.1, 0.15) is 5.82 Å². The van der Waals surface area contributed by atoms with E-state index in [4.69, 9.17) is 16.7 Å². The summed E-state index contributed by atoms with van der Waals surface area (Å²) in [4.78, 5) is 23.8. The van der Waals surface area contributed by atoms with Crippen molar-refractivity contribution in [1.29, 1.82) is 0 Å². The molecule has 2 aromatic rings. The van der Waals surface area contributed by atoms with Gasteiger partial charge in [0.2, 0.25) is 11.8 Å². The third kappa shape index (κ3) is 7.22. The lowest BCUT2D eigenvalue weighted by molar-refractivity contribution is -0.137. The van der Waals surface area contributed by atoms with Crippen LogP contribution in [-0.4, -0.2) is 22.9 Å². The largest absolute Gasteiger partial charge is 0.481 e. The van der Waals surface area contributed by atoms with Crippen LogP contribution in [0.2, 0.25) is 5.02 Å². The molecule has 1 amide bonds. The predicted octanol–water partition coefficient (Wildman–Crippen LogP) is 6.82. The van der Waals surface area contributed by atoms with Gasteiger partial charge in [-0.15, -0.1) is 0 Å². The molecule has 0 radical (unpaired) electrons. The van der Waals surface area contributed by atoms with Gasteiger partial charge in [-0.3, -0.25) is 9.59 Å². The lowest BCUT2D eigenvalue weighted by atomic mass is 9.84. The number of halogens is 4. The van der Waals surface area contributed by atoms with Gasteiger partial charge in [0.05, 0.1) is 11.6 Å². The maximum absolute atomic E-state index is 14.5. The van der Waals surface area contributed by atoms with E-state index >= 15 is 0 Å². The number of anilines is 1. The number of aliphatic carboxylic acids is 1. The fourth-order valence-corrected chi connectivity index (χ4v) is 4.52. The van der Waals surface area contributed by atoms with Gasteiger partial charge in [0, 0.05) is 24.3 Å². The Morgan fingerprint density at radius 3 is 2.48 bits per heavy atom. The molecule has 1 saturated carbocycles. The van der Waals surface area contributed by atoms with E-state index in [-0.39, 0.29) is 24.9 Å². The maximum atomic E-state index is 14.5. The summed E-state index contributed by atoms with van der Waals surface area (Å²) in [7, 11) is 0. The van der Waals surface area contributed by atoms with Gasteiger partial charge in [0.25, 0.3) is 0 Å². The topological polar surface area (TPSA) is 66.4 Å². The normalized spacial score (nSPS) is 18.1. The van der Waals surface area contributed by atoms with Gasteiger partial charge in [-0.2, -0.15) is 0 Å². The molecule has 3 rings (SSSR count). The number of hydrogen-bond acceptors (Lipinski definition) is 2. The molecule has 1 aliphatic rings. The van der Waals surface area contributed by atoms with Crippen LogP contribution >= 0.6 is 11.6 Å². The van der Waals surface area contributed by atoms with Crippen molar-refractivity contribution in [3.63, 3.8) is 0 Å². The average Bonchev–Trinajstić information content (AvgIpc) is 3.10. The van der Waals surface area contributed by atoms with Crippen LogP contribution in [0.25, 0.3) is 0 Å². The number of nitrogens with one attached hydrogen (secondary N) is 1.